The average molecular weight is 1830 g/mol. The zero-order valence-electron chi connectivity index (χ0n) is 50.2. The van der Waals surface area contributed by atoms with E-state index in [0.717, 1.165) is 4.80 Å². The van der Waals surface area contributed by atoms with Crippen LogP contribution in [0.15, 0.2) is 104 Å². The van der Waals surface area contributed by atoms with Gasteiger partial charge >= 0.3 is 23.9 Å². The van der Waals surface area contributed by atoms with E-state index in [2.05, 4.69) is 82.0 Å². The molecule has 9 N–H and O–H groups in total. The Labute approximate surface area is 585 Å². The molecule has 0 aliphatic rings. The third kappa shape index (κ3) is 30.8. The smallest absolute Gasteiger partial charge is 0.340 e. The summed E-state index contributed by atoms with van der Waals surface area (Å²) in [4.78, 5) is 67.7. The second-order valence-electron chi connectivity index (χ2n) is 12.6. The molecule has 3 aromatic heterocycles. The number of methoxy groups -OCH3 is 4. The number of nitrogens with zero attached hydrogens (tertiary/aromatic N) is 9. The second-order valence-corrected chi connectivity index (χ2v) is 12.6. The summed E-state index contributed by atoms with van der Waals surface area (Å²) in [6.45, 7) is 26.0. The molecular weight excluding hydrogens is 1750 g/mol. The third-order valence-corrected chi connectivity index (χ3v) is 8.56. The second kappa shape index (κ2) is 56.3. The van der Waals surface area contributed by atoms with Gasteiger partial charge in [0.2, 0.25) is 0 Å². The van der Waals surface area contributed by atoms with Crippen molar-refractivity contribution in [1.29, 1.82) is 0 Å². The van der Waals surface area contributed by atoms with E-state index in [9.17, 15) is 34.1 Å². The van der Waals surface area contributed by atoms with E-state index >= 15 is 0 Å². The van der Waals surface area contributed by atoms with Crippen LogP contribution in [0.2, 0.25) is 0 Å². The molecule has 0 unspecified atom stereocenters. The number of carbonyl (C=O) groups excluding carboxylic acids is 5. The fraction of sp³-hybridized carbons (Fsp3) is 0.259. The van der Waals surface area contributed by atoms with E-state index < -0.39 is 34.7 Å². The number of nitrogen functional groups attached to an aromatic ring is 3. The number of fused-ring (bicyclic) bond motifs is 3. The number of primary amides is 1. The Morgan fingerprint density at radius 3 is 1.19 bits per heavy atom. The van der Waals surface area contributed by atoms with Gasteiger partial charge in [0.15, 0.2) is 0 Å². The van der Waals surface area contributed by atoms with E-state index in [4.69, 9.17) is 22.9 Å². The first-order chi connectivity index (χ1) is 37.5. The predicted octanol–water partition coefficient (Wildman–Crippen LogP) is 9.74. The van der Waals surface area contributed by atoms with Crippen LogP contribution in [0.25, 0.3) is 33.1 Å². The van der Waals surface area contributed by atoms with Crippen molar-refractivity contribution in [2.24, 2.45) is 5.73 Å². The van der Waals surface area contributed by atoms with Crippen molar-refractivity contribution in [1.82, 2.24) is 45.4 Å². The van der Waals surface area contributed by atoms with E-state index in [1.54, 1.807) is 72.8 Å². The molecule has 1 amide bonds. The number of nitrogens with two attached hydrogens (primary N) is 4. The van der Waals surface area contributed by atoms with E-state index in [-0.39, 0.29) is 159 Å². The quantitative estimate of drug-likeness (QED) is 0.0196. The number of ether oxygens (including phenoxy) is 4. The van der Waals surface area contributed by atoms with Crippen LogP contribution in [0.1, 0.15) is 121 Å². The van der Waals surface area contributed by atoms with Crippen LogP contribution in [-0.4, -0.2) is 109 Å². The molecule has 8 aromatic rings. The molecule has 8 rings (SSSR count). The summed E-state index contributed by atoms with van der Waals surface area (Å²) in [6, 6.07) is 24.2. The number of rotatable bonds is 6. The number of nitro benzene ring substituents is 1. The molecule has 25 nitrogen and oxygen atoms in total. The molecule has 456 valence electrons. The molecule has 0 atom stereocenters. The summed E-state index contributed by atoms with van der Waals surface area (Å²) < 4.78 is 18.1. The molecule has 0 saturated heterocycles. The molecule has 0 spiro atoms. The normalized spacial score (nSPS) is 8.26. The van der Waals surface area contributed by atoms with Gasteiger partial charge in [0.1, 0.15) is 38.8 Å². The molecule has 30 heteroatoms. The van der Waals surface area contributed by atoms with Gasteiger partial charge in [0.05, 0.1) is 72.6 Å². The van der Waals surface area contributed by atoms with Gasteiger partial charge in [0.25, 0.3) is 11.6 Å². The first kappa shape index (κ1) is 97.3. The zero-order chi connectivity index (χ0) is 60.7. The van der Waals surface area contributed by atoms with Gasteiger partial charge in [-0.3, -0.25) is 29.0 Å². The van der Waals surface area contributed by atoms with Gasteiger partial charge in [-0.1, -0.05) is 99.6 Å². The predicted molar refractivity (Wildman–Crippen MR) is 312 cm³/mol. The van der Waals surface area contributed by atoms with Crippen LogP contribution in [-0.2, 0) is 148 Å². The number of benzene rings is 5. The topological polar surface area (TPSA) is 372 Å². The summed E-state index contributed by atoms with van der Waals surface area (Å²) in [6.07, 6.45) is 0. The van der Waals surface area contributed by atoms with Crippen LogP contribution < -0.4 is 22.9 Å². The number of aromatic nitrogens is 9. The average Bonchev–Trinajstić information content (AvgIpc) is 4.24. The minimum atomic E-state index is -0.689. The summed E-state index contributed by atoms with van der Waals surface area (Å²) >= 11 is 0. The largest absolute Gasteiger partial charge is 0.465 e. The molecule has 0 fully saturated rings. The summed E-state index contributed by atoms with van der Waals surface area (Å²) in [5.41, 5.74) is 26.7. The van der Waals surface area contributed by atoms with Crippen molar-refractivity contribution < 1.29 is 176 Å². The number of para-hydroxylation sites is 3. The standard InChI is InChI=1S/C9H8N3O2.C8H7N4O.C8H7N3O2.C8H8N2O4.C8H10N2O2.5C2H6.C2H4.CH3.3W.2Y/c1-12-10-7-5-3-4-6(8(7)11-12)9(13)14-2;1-12-10-6-4-2-3-5(8(9)13)7(6)11-12;1-13-8(12)5-3-2-4-6-7(5)10-11-9-6;1-14-8(11)5-3-2-4-6(7(5)9)10(12)13;1-12-8(11)5-3-2-4-6(9)7(5)10;6*1-2;;;;;;/h3-5H,1H2,2H3;2-4H,1H2,(H2,9,13);2-4H,1H3,(H,9,10,11);2-4H,9H2,1H3;2-4H,9-10H2,1H3;5*1-2H3;1-2H2;1H3;;;;;/q2*-1;;;;;;;;;;-1;;;;;. The number of hydrogen-bond acceptors (Lipinski definition) is 20. The molecule has 0 aliphatic heterocycles. The Balaban J connectivity index is -0.000000112. The number of nitrogens with one attached hydrogen (secondary N) is 1. The van der Waals surface area contributed by atoms with Crippen molar-refractivity contribution in [3.05, 3.63) is 164 Å². The number of H-pyrrole nitrogens is 1. The van der Waals surface area contributed by atoms with Gasteiger partial charge in [-0.2, -0.15) is 35.8 Å². The summed E-state index contributed by atoms with van der Waals surface area (Å²) in [7, 11) is 12.2. The maximum absolute atomic E-state index is 11.3. The van der Waals surface area contributed by atoms with E-state index in [0.29, 0.717) is 61.0 Å². The first-order valence-corrected chi connectivity index (χ1v) is 23.9. The SMILES string of the molecule is C=C.CC.CC.CC.CC.CC.COC(=O)c1cccc(N)c1N.COC(=O)c1cccc([N+](=O)[O-])c1N.COC(=O)c1cccc2n[nH]nc12.[CH2-]n1nc2cccc(C(=O)OC)c2n1.[CH2-]n1nc2cccc(C(N)=O)c2n1.[CH3-].[W].[W].[W].[Y].[Y]. The summed E-state index contributed by atoms with van der Waals surface area (Å²) in [5, 5.41) is 36.4. The van der Waals surface area contributed by atoms with Crippen molar-refractivity contribution in [3.8, 4) is 0 Å². The molecule has 0 saturated carbocycles. The molecular formula is C54H77N14O11W3Y2-3. The number of hydrogen-bond donors (Lipinski definition) is 5. The van der Waals surface area contributed by atoms with Crippen molar-refractivity contribution in [2.45, 2.75) is 69.2 Å². The van der Waals surface area contributed by atoms with Gasteiger partial charge < -0.3 is 58.9 Å². The van der Waals surface area contributed by atoms with Crippen molar-refractivity contribution in [2.75, 3.05) is 45.6 Å². The van der Waals surface area contributed by atoms with E-state index in [1.165, 1.54) is 51.4 Å². The van der Waals surface area contributed by atoms with Crippen LogP contribution in [0, 0.1) is 31.6 Å². The van der Waals surface area contributed by atoms with Crippen LogP contribution in [0.4, 0.5) is 22.7 Å². The maximum atomic E-state index is 11.3. The minimum Gasteiger partial charge on any atom is -0.465 e. The Kier molecular flexibility index (Phi) is 65.3. The van der Waals surface area contributed by atoms with Gasteiger partial charge in [0, 0.05) is 135 Å². The van der Waals surface area contributed by atoms with Gasteiger partial charge in [-0.05, 0) is 54.6 Å². The Morgan fingerprint density at radius 1 is 0.500 bits per heavy atom. The number of aromatic amines is 1. The number of carbonyl (C=O) groups is 5. The molecule has 3 heterocycles. The molecule has 84 heavy (non-hydrogen) atoms. The van der Waals surface area contributed by atoms with Crippen LogP contribution in [0.5, 0.6) is 0 Å². The fourth-order valence-electron chi connectivity index (χ4n) is 5.45. The third-order valence-electron chi connectivity index (χ3n) is 8.56. The van der Waals surface area contributed by atoms with Crippen LogP contribution in [0.3, 0.4) is 0 Å². The number of amides is 1. The summed E-state index contributed by atoms with van der Waals surface area (Å²) in [5.74, 6) is -2.49. The van der Waals surface area contributed by atoms with Crippen molar-refractivity contribution >= 4 is 85.6 Å². The molecule has 0 bridgehead atoms. The fourth-order valence-corrected chi connectivity index (χ4v) is 5.45. The van der Waals surface area contributed by atoms with Gasteiger partial charge in [-0.15, -0.1) is 13.2 Å². The zero-order valence-corrected chi connectivity index (χ0v) is 64.7. The maximum Gasteiger partial charge on any atom is 0.340 e. The van der Waals surface area contributed by atoms with E-state index in [1.807, 2.05) is 69.2 Å². The molecule has 5 aromatic carbocycles. The monoisotopic (exact) mass is 1830 g/mol. The Hall–Kier alpha value is -5.80. The number of nitro groups is 1. The van der Waals surface area contributed by atoms with Crippen LogP contribution >= 0.6 is 0 Å². The number of anilines is 3. The number of esters is 4. The first-order valence-electron chi connectivity index (χ1n) is 23.9. The Morgan fingerprint density at radius 2 is 0.810 bits per heavy atom. The van der Waals surface area contributed by atoms with Gasteiger partial charge in [-0.25, -0.2) is 19.2 Å². The van der Waals surface area contributed by atoms with Crippen molar-refractivity contribution in [3.63, 3.8) is 0 Å². The molecule has 2 radical (unpaired) electrons. The Bertz CT molecular complexity index is 3110. The molecule has 0 aliphatic carbocycles. The minimum absolute atomic E-state index is 0.